The molecule has 2 heterocycles. The highest BCUT2D eigenvalue weighted by Crippen LogP contribution is 2.30. The van der Waals surface area contributed by atoms with Crippen LogP contribution in [0.5, 0.6) is 0 Å². The summed E-state index contributed by atoms with van der Waals surface area (Å²) in [6, 6.07) is 0.938. The van der Waals surface area contributed by atoms with Crippen molar-refractivity contribution >= 4 is 23.1 Å². The van der Waals surface area contributed by atoms with Gasteiger partial charge in [0.1, 0.15) is 5.82 Å². The van der Waals surface area contributed by atoms with E-state index < -0.39 is 11.9 Å². The average Bonchev–Trinajstić information content (AvgIpc) is 2.90. The fourth-order valence-corrected chi connectivity index (χ4v) is 2.20. The van der Waals surface area contributed by atoms with Crippen LogP contribution in [0.1, 0.15) is 18.3 Å². The van der Waals surface area contributed by atoms with E-state index in [1.54, 1.807) is 24.4 Å². The van der Waals surface area contributed by atoms with Gasteiger partial charge in [-0.15, -0.1) is 11.3 Å². The minimum atomic E-state index is -4.51. The zero-order valence-corrected chi connectivity index (χ0v) is 12.3. The van der Waals surface area contributed by atoms with Gasteiger partial charge in [0.25, 0.3) is 0 Å². The van der Waals surface area contributed by atoms with Gasteiger partial charge in [-0.2, -0.15) is 18.2 Å². The molecule has 2 aromatic rings. The predicted molar refractivity (Wildman–Crippen MR) is 75.4 cm³/mol. The maximum Gasteiger partial charge on any atom is 0.433 e. The Morgan fingerprint density at radius 3 is 2.67 bits per heavy atom. The molecule has 0 unspecified atom stereocenters. The van der Waals surface area contributed by atoms with Crippen LogP contribution in [0.15, 0.2) is 17.0 Å². The first kappa shape index (κ1) is 15.5. The third-order valence-electron chi connectivity index (χ3n) is 2.61. The molecule has 0 saturated carbocycles. The summed E-state index contributed by atoms with van der Waals surface area (Å²) in [7, 11) is 1.66. The zero-order chi connectivity index (χ0) is 15.5. The summed E-state index contributed by atoms with van der Waals surface area (Å²) < 4.78 is 38.6. The van der Waals surface area contributed by atoms with E-state index in [9.17, 15) is 13.2 Å². The molecular formula is C12H14F3N5S. The van der Waals surface area contributed by atoms with Crippen LogP contribution >= 0.6 is 11.3 Å². The van der Waals surface area contributed by atoms with E-state index in [1.165, 1.54) is 11.3 Å². The lowest BCUT2D eigenvalue weighted by atomic mass is 10.3. The molecule has 114 valence electrons. The molecule has 0 radical (unpaired) electrons. The van der Waals surface area contributed by atoms with E-state index >= 15 is 0 Å². The Kier molecular flexibility index (Phi) is 4.61. The van der Waals surface area contributed by atoms with Gasteiger partial charge in [-0.3, -0.25) is 0 Å². The molecule has 0 atom stereocenters. The highest BCUT2D eigenvalue weighted by molar-refractivity contribution is 7.07. The molecule has 21 heavy (non-hydrogen) atoms. The number of alkyl halides is 3. The molecule has 0 aliphatic heterocycles. The third-order valence-corrected chi connectivity index (χ3v) is 3.25. The van der Waals surface area contributed by atoms with Crippen LogP contribution in [0.2, 0.25) is 0 Å². The van der Waals surface area contributed by atoms with Crippen molar-refractivity contribution < 1.29 is 13.2 Å². The molecular weight excluding hydrogens is 303 g/mol. The topological polar surface area (TPSA) is 53.9 Å². The molecule has 0 aliphatic rings. The van der Waals surface area contributed by atoms with Crippen molar-refractivity contribution in [3.8, 4) is 0 Å². The van der Waals surface area contributed by atoms with Crippen molar-refractivity contribution in [2.75, 3.05) is 23.8 Å². The maximum atomic E-state index is 12.9. The molecule has 2 aromatic heterocycles. The van der Waals surface area contributed by atoms with Crippen LogP contribution in [0.25, 0.3) is 0 Å². The van der Waals surface area contributed by atoms with Gasteiger partial charge in [-0.25, -0.2) is 9.97 Å². The number of halogens is 3. The molecule has 0 fully saturated rings. The van der Waals surface area contributed by atoms with Gasteiger partial charge >= 0.3 is 6.18 Å². The predicted octanol–water partition coefficient (Wildman–Crippen LogP) is 3.02. The summed E-state index contributed by atoms with van der Waals surface area (Å²) in [4.78, 5) is 13.3. The first-order chi connectivity index (χ1) is 9.90. The summed E-state index contributed by atoms with van der Waals surface area (Å²) in [5.41, 5.74) is 1.49. The number of hydrogen-bond acceptors (Lipinski definition) is 6. The number of anilines is 2. The molecule has 1 N–H and O–H groups in total. The van der Waals surface area contributed by atoms with E-state index in [1.807, 2.05) is 5.38 Å². The van der Waals surface area contributed by atoms with Gasteiger partial charge < -0.3 is 10.2 Å². The molecule has 0 aliphatic carbocycles. The molecule has 0 amide bonds. The summed E-state index contributed by atoms with van der Waals surface area (Å²) in [5, 5.41) is 4.55. The Labute approximate surface area is 123 Å². The van der Waals surface area contributed by atoms with Gasteiger partial charge in [0, 0.05) is 25.0 Å². The largest absolute Gasteiger partial charge is 0.433 e. The monoisotopic (exact) mass is 317 g/mol. The number of aromatic nitrogens is 3. The van der Waals surface area contributed by atoms with Crippen LogP contribution in [0, 0.1) is 0 Å². The van der Waals surface area contributed by atoms with Gasteiger partial charge in [0.05, 0.1) is 17.7 Å². The number of nitrogens with zero attached hydrogens (tertiary/aromatic N) is 4. The van der Waals surface area contributed by atoms with Gasteiger partial charge in [-0.05, 0) is 6.92 Å². The van der Waals surface area contributed by atoms with Crippen molar-refractivity contribution in [1.82, 2.24) is 15.0 Å². The summed E-state index contributed by atoms with van der Waals surface area (Å²) in [5.74, 6) is 0.161. The van der Waals surface area contributed by atoms with E-state index in [0.717, 1.165) is 11.8 Å². The van der Waals surface area contributed by atoms with E-state index in [4.69, 9.17) is 0 Å². The molecule has 0 spiro atoms. The fraction of sp³-hybridized carbons (Fsp3) is 0.417. The Morgan fingerprint density at radius 1 is 1.33 bits per heavy atom. The molecule has 9 heteroatoms. The Morgan fingerprint density at radius 2 is 2.10 bits per heavy atom. The number of thiazole rings is 1. The molecule has 0 saturated heterocycles. The van der Waals surface area contributed by atoms with Crippen LogP contribution in [0.4, 0.5) is 24.9 Å². The van der Waals surface area contributed by atoms with Crippen molar-refractivity contribution in [2.45, 2.75) is 19.6 Å². The summed E-state index contributed by atoms with van der Waals surface area (Å²) in [6.45, 7) is 2.59. The Bertz CT molecular complexity index is 585. The van der Waals surface area contributed by atoms with Gasteiger partial charge in [0.15, 0.2) is 5.69 Å². The first-order valence-electron chi connectivity index (χ1n) is 6.18. The summed E-state index contributed by atoms with van der Waals surface area (Å²) in [6.07, 6.45) is -4.51. The Hall–Kier alpha value is -1.90. The number of hydrogen-bond donors (Lipinski definition) is 1. The van der Waals surface area contributed by atoms with E-state index in [2.05, 4.69) is 20.3 Å². The standard InChI is InChI=1S/C12H14F3N5S/c1-3-16-11-18-9(12(13,14)15)4-10(19-11)20(2)5-8-6-21-7-17-8/h4,6-7H,3,5H2,1-2H3,(H,16,18,19). The second kappa shape index (κ2) is 6.25. The highest BCUT2D eigenvalue weighted by Gasteiger charge is 2.34. The minimum absolute atomic E-state index is 0.0348. The maximum absolute atomic E-state index is 12.9. The lowest BCUT2D eigenvalue weighted by Gasteiger charge is -2.19. The quantitative estimate of drug-likeness (QED) is 0.918. The summed E-state index contributed by atoms with van der Waals surface area (Å²) >= 11 is 1.43. The van der Waals surface area contributed by atoms with Crippen LogP contribution in [-0.4, -0.2) is 28.5 Å². The van der Waals surface area contributed by atoms with Gasteiger partial charge in [0.2, 0.25) is 5.95 Å². The minimum Gasteiger partial charge on any atom is -0.354 e. The molecule has 5 nitrogen and oxygen atoms in total. The number of rotatable bonds is 5. The number of nitrogens with one attached hydrogen (secondary N) is 1. The lowest BCUT2D eigenvalue weighted by molar-refractivity contribution is -0.141. The molecule has 0 bridgehead atoms. The van der Waals surface area contributed by atoms with Crippen molar-refractivity contribution in [3.05, 3.63) is 28.3 Å². The average molecular weight is 317 g/mol. The smallest absolute Gasteiger partial charge is 0.354 e. The zero-order valence-electron chi connectivity index (χ0n) is 11.5. The van der Waals surface area contributed by atoms with Crippen molar-refractivity contribution in [1.29, 1.82) is 0 Å². The van der Waals surface area contributed by atoms with Crippen LogP contribution < -0.4 is 10.2 Å². The first-order valence-corrected chi connectivity index (χ1v) is 7.12. The lowest BCUT2D eigenvalue weighted by Crippen LogP contribution is -2.21. The SMILES string of the molecule is CCNc1nc(N(C)Cc2cscn2)cc(C(F)(F)F)n1. The second-order valence-corrected chi connectivity index (χ2v) is 5.02. The van der Waals surface area contributed by atoms with E-state index in [-0.39, 0.29) is 11.8 Å². The van der Waals surface area contributed by atoms with Crippen LogP contribution in [-0.2, 0) is 12.7 Å². The third kappa shape index (κ3) is 4.03. The molecule has 0 aromatic carbocycles. The highest BCUT2D eigenvalue weighted by atomic mass is 32.1. The van der Waals surface area contributed by atoms with Gasteiger partial charge in [-0.1, -0.05) is 0 Å². The van der Waals surface area contributed by atoms with Crippen molar-refractivity contribution in [2.24, 2.45) is 0 Å². The second-order valence-electron chi connectivity index (χ2n) is 4.30. The molecule has 2 rings (SSSR count). The normalized spacial score (nSPS) is 11.5. The van der Waals surface area contributed by atoms with Crippen LogP contribution in [0.3, 0.4) is 0 Å². The Balaban J connectivity index is 2.30. The fourth-order valence-electron chi connectivity index (χ4n) is 1.65. The van der Waals surface area contributed by atoms with Crippen molar-refractivity contribution in [3.63, 3.8) is 0 Å². The van der Waals surface area contributed by atoms with E-state index in [0.29, 0.717) is 13.1 Å².